The fourth-order valence-corrected chi connectivity index (χ4v) is 2.00. The number of hydrogen-bond acceptors (Lipinski definition) is 4. The summed E-state index contributed by atoms with van der Waals surface area (Å²) in [5, 5.41) is 3.37. The number of anilines is 1. The number of rotatable bonds is 6. The highest BCUT2D eigenvalue weighted by Gasteiger charge is 2.09. The van der Waals surface area contributed by atoms with Crippen molar-refractivity contribution >= 4 is 29.2 Å². The molecular formula is C18H18ClNO4. The van der Waals surface area contributed by atoms with Gasteiger partial charge in [0.2, 0.25) is 0 Å². The molecule has 0 fully saturated rings. The van der Waals surface area contributed by atoms with Gasteiger partial charge in [-0.2, -0.15) is 0 Å². The number of amides is 1. The number of halogens is 1. The highest BCUT2D eigenvalue weighted by molar-refractivity contribution is 6.30. The number of carbonyl (C=O) groups is 2. The molecule has 0 saturated carbocycles. The largest absolute Gasteiger partial charge is 0.482 e. The molecule has 0 saturated heterocycles. The highest BCUT2D eigenvalue weighted by atomic mass is 35.5. The summed E-state index contributed by atoms with van der Waals surface area (Å²) in [5.74, 6) is -0.198. The minimum atomic E-state index is -0.436. The molecule has 0 unspecified atom stereocenters. The van der Waals surface area contributed by atoms with Crippen molar-refractivity contribution in [3.8, 4) is 5.75 Å². The Bertz CT molecular complexity index is 696. The average Bonchev–Trinajstić information content (AvgIpc) is 2.55. The Labute approximate surface area is 145 Å². The van der Waals surface area contributed by atoms with E-state index in [9.17, 15) is 9.59 Å². The fraction of sp³-hybridized carbons (Fsp3) is 0.222. The molecule has 0 spiro atoms. The van der Waals surface area contributed by atoms with Crippen LogP contribution in [-0.2, 0) is 9.53 Å². The van der Waals surface area contributed by atoms with Crippen molar-refractivity contribution in [3.05, 3.63) is 59.1 Å². The Balaban J connectivity index is 1.90. The molecule has 1 amide bonds. The van der Waals surface area contributed by atoms with Gasteiger partial charge in [-0.15, -0.1) is 0 Å². The Morgan fingerprint density at radius 3 is 2.25 bits per heavy atom. The summed E-state index contributed by atoms with van der Waals surface area (Å²) in [4.78, 5) is 23.5. The van der Waals surface area contributed by atoms with Crippen LogP contribution < -0.4 is 10.1 Å². The summed E-state index contributed by atoms with van der Waals surface area (Å²) in [6.07, 6.45) is -0.181. The maximum Gasteiger partial charge on any atom is 0.344 e. The van der Waals surface area contributed by atoms with Gasteiger partial charge in [0.05, 0.1) is 6.10 Å². The molecule has 0 heterocycles. The summed E-state index contributed by atoms with van der Waals surface area (Å²) in [6, 6.07) is 13.3. The van der Waals surface area contributed by atoms with Crippen molar-refractivity contribution in [2.75, 3.05) is 11.9 Å². The van der Waals surface area contributed by atoms with Gasteiger partial charge in [0.25, 0.3) is 5.91 Å². The molecule has 0 atom stereocenters. The van der Waals surface area contributed by atoms with Crippen LogP contribution >= 0.6 is 11.6 Å². The number of benzene rings is 2. The summed E-state index contributed by atoms with van der Waals surface area (Å²) in [5.41, 5.74) is 1.13. The van der Waals surface area contributed by atoms with E-state index in [1.165, 1.54) is 0 Å². The van der Waals surface area contributed by atoms with E-state index in [-0.39, 0.29) is 18.6 Å². The van der Waals surface area contributed by atoms with Crippen LogP contribution in [0, 0.1) is 0 Å². The molecule has 0 aliphatic heterocycles. The lowest BCUT2D eigenvalue weighted by Crippen LogP contribution is -2.18. The Hall–Kier alpha value is -2.53. The quantitative estimate of drug-likeness (QED) is 0.804. The van der Waals surface area contributed by atoms with Gasteiger partial charge in [0.15, 0.2) is 6.61 Å². The molecule has 0 bridgehead atoms. The summed E-state index contributed by atoms with van der Waals surface area (Å²) >= 11 is 5.80. The highest BCUT2D eigenvalue weighted by Crippen LogP contribution is 2.16. The van der Waals surface area contributed by atoms with Crippen LogP contribution in [0.4, 0.5) is 5.69 Å². The van der Waals surface area contributed by atoms with E-state index < -0.39 is 5.97 Å². The second-order valence-electron chi connectivity index (χ2n) is 5.31. The maximum absolute atomic E-state index is 12.1. The van der Waals surface area contributed by atoms with Crippen LogP contribution in [0.1, 0.15) is 24.2 Å². The van der Waals surface area contributed by atoms with Crippen LogP contribution in [0.15, 0.2) is 48.5 Å². The monoisotopic (exact) mass is 347 g/mol. The lowest BCUT2D eigenvalue weighted by Gasteiger charge is -2.10. The van der Waals surface area contributed by atoms with Gasteiger partial charge in [-0.1, -0.05) is 11.6 Å². The van der Waals surface area contributed by atoms with Crippen molar-refractivity contribution in [2.45, 2.75) is 20.0 Å². The molecule has 2 aromatic rings. The van der Waals surface area contributed by atoms with Gasteiger partial charge in [0, 0.05) is 16.3 Å². The summed E-state index contributed by atoms with van der Waals surface area (Å²) < 4.78 is 10.3. The first-order valence-corrected chi connectivity index (χ1v) is 7.81. The van der Waals surface area contributed by atoms with Crippen molar-refractivity contribution < 1.29 is 19.1 Å². The smallest absolute Gasteiger partial charge is 0.344 e. The van der Waals surface area contributed by atoms with Crippen LogP contribution in [0.25, 0.3) is 0 Å². The van der Waals surface area contributed by atoms with Gasteiger partial charge in [-0.25, -0.2) is 4.79 Å². The topological polar surface area (TPSA) is 64.6 Å². The molecule has 1 N–H and O–H groups in total. The van der Waals surface area contributed by atoms with Crippen molar-refractivity contribution in [1.29, 1.82) is 0 Å². The van der Waals surface area contributed by atoms with Gasteiger partial charge in [-0.3, -0.25) is 4.79 Å². The third-order valence-corrected chi connectivity index (χ3v) is 3.19. The number of hydrogen-bond donors (Lipinski definition) is 1. The van der Waals surface area contributed by atoms with E-state index >= 15 is 0 Å². The van der Waals surface area contributed by atoms with Crippen molar-refractivity contribution in [2.24, 2.45) is 0 Å². The van der Waals surface area contributed by atoms with Crippen molar-refractivity contribution in [3.63, 3.8) is 0 Å². The van der Waals surface area contributed by atoms with E-state index in [1.54, 1.807) is 62.4 Å². The zero-order valence-electron chi connectivity index (χ0n) is 13.4. The van der Waals surface area contributed by atoms with Crippen LogP contribution in [0.5, 0.6) is 5.75 Å². The minimum Gasteiger partial charge on any atom is -0.482 e. The molecule has 6 heteroatoms. The average molecular weight is 348 g/mol. The summed E-state index contributed by atoms with van der Waals surface area (Å²) in [7, 11) is 0. The second kappa shape index (κ2) is 8.36. The van der Waals surface area contributed by atoms with Crippen LogP contribution in [0.2, 0.25) is 5.02 Å². The molecule has 2 aromatic carbocycles. The van der Waals surface area contributed by atoms with Crippen molar-refractivity contribution in [1.82, 2.24) is 0 Å². The van der Waals surface area contributed by atoms with Crippen LogP contribution in [0.3, 0.4) is 0 Å². The maximum atomic E-state index is 12.1. The SMILES string of the molecule is CC(C)OC(=O)COc1ccc(C(=O)Nc2ccc(Cl)cc2)cc1. The number of esters is 1. The predicted molar refractivity (Wildman–Crippen MR) is 92.6 cm³/mol. The molecule has 0 aromatic heterocycles. The zero-order chi connectivity index (χ0) is 17.5. The van der Waals surface area contributed by atoms with E-state index in [1.807, 2.05) is 0 Å². The van der Waals surface area contributed by atoms with E-state index in [2.05, 4.69) is 5.32 Å². The van der Waals surface area contributed by atoms with Gasteiger partial charge < -0.3 is 14.8 Å². The molecule has 24 heavy (non-hydrogen) atoms. The Morgan fingerprint density at radius 1 is 1.04 bits per heavy atom. The lowest BCUT2D eigenvalue weighted by molar-refractivity contribution is -0.149. The molecule has 0 radical (unpaired) electrons. The van der Waals surface area contributed by atoms with Crippen LogP contribution in [-0.4, -0.2) is 24.6 Å². The first-order chi connectivity index (χ1) is 11.4. The van der Waals surface area contributed by atoms with Gasteiger partial charge >= 0.3 is 5.97 Å². The Kier molecular flexibility index (Phi) is 6.21. The lowest BCUT2D eigenvalue weighted by atomic mass is 10.2. The first kappa shape index (κ1) is 17.8. The molecule has 0 aliphatic carbocycles. The molecular weight excluding hydrogens is 330 g/mol. The normalized spacial score (nSPS) is 10.3. The number of nitrogens with one attached hydrogen (secondary N) is 1. The molecule has 5 nitrogen and oxygen atoms in total. The van der Waals surface area contributed by atoms with E-state index in [0.717, 1.165) is 0 Å². The van der Waals surface area contributed by atoms with Gasteiger partial charge in [0.1, 0.15) is 5.75 Å². The molecule has 0 aliphatic rings. The van der Waals surface area contributed by atoms with E-state index in [4.69, 9.17) is 21.1 Å². The number of ether oxygens (including phenoxy) is 2. The third-order valence-electron chi connectivity index (χ3n) is 2.94. The van der Waals surface area contributed by atoms with E-state index in [0.29, 0.717) is 22.0 Å². The predicted octanol–water partition coefficient (Wildman–Crippen LogP) is 3.92. The van der Waals surface area contributed by atoms with Gasteiger partial charge in [-0.05, 0) is 62.4 Å². The minimum absolute atomic E-state index is 0.172. The summed E-state index contributed by atoms with van der Waals surface area (Å²) in [6.45, 7) is 3.37. The first-order valence-electron chi connectivity index (χ1n) is 7.43. The zero-order valence-corrected chi connectivity index (χ0v) is 14.2. The number of carbonyl (C=O) groups excluding carboxylic acids is 2. The molecule has 2 rings (SSSR count). The fourth-order valence-electron chi connectivity index (χ4n) is 1.88. The standard InChI is InChI=1S/C18H18ClNO4/c1-12(2)24-17(21)11-23-16-9-3-13(4-10-16)18(22)20-15-7-5-14(19)6-8-15/h3-10,12H,11H2,1-2H3,(H,20,22). The Morgan fingerprint density at radius 2 is 1.67 bits per heavy atom. The molecule has 126 valence electrons. The second-order valence-corrected chi connectivity index (χ2v) is 5.75. The third kappa shape index (κ3) is 5.59.